The van der Waals surface area contributed by atoms with Crippen LogP contribution < -0.4 is 10.5 Å². The Morgan fingerprint density at radius 3 is 2.08 bits per heavy atom. The van der Waals surface area contributed by atoms with Gasteiger partial charge < -0.3 is 20.2 Å². The first kappa shape index (κ1) is 35.3. The highest BCUT2D eigenvalue weighted by Gasteiger charge is 2.60. The fourth-order valence-corrected chi connectivity index (χ4v) is 8.56. The second kappa shape index (κ2) is 13.3. The Labute approximate surface area is 284 Å². The fourth-order valence-electron chi connectivity index (χ4n) is 7.04. The van der Waals surface area contributed by atoms with E-state index < -0.39 is 67.1 Å². The van der Waals surface area contributed by atoms with Crippen LogP contribution in [-0.4, -0.2) is 66.1 Å². The summed E-state index contributed by atoms with van der Waals surface area (Å²) in [5.74, 6) is -8.67. The zero-order valence-electron chi connectivity index (χ0n) is 25.9. The number of hydroxylamine groups is 1. The number of amides is 1. The molecular weight excluding hydrogens is 697 g/mol. The van der Waals surface area contributed by atoms with Crippen molar-refractivity contribution in [2.45, 2.75) is 98.6 Å². The van der Waals surface area contributed by atoms with E-state index in [0.717, 1.165) is 67.0 Å². The molecule has 0 aromatic heterocycles. The normalized spacial score (nSPS) is 22.4. The van der Waals surface area contributed by atoms with Crippen molar-refractivity contribution in [3.8, 4) is 5.75 Å². The van der Waals surface area contributed by atoms with Gasteiger partial charge >= 0.3 is 18.1 Å². The van der Waals surface area contributed by atoms with Crippen molar-refractivity contribution in [2.75, 3.05) is 0 Å². The second-order valence-electron chi connectivity index (χ2n) is 12.7. The maximum absolute atomic E-state index is 16.7. The quantitative estimate of drug-likeness (QED) is 0.198. The van der Waals surface area contributed by atoms with Crippen molar-refractivity contribution in [2.24, 2.45) is 5.73 Å². The molecular formula is C33H33ClF5N3O6S. The summed E-state index contributed by atoms with van der Waals surface area (Å²) in [6.45, 7) is 0. The molecule has 1 saturated carbocycles. The first-order chi connectivity index (χ1) is 23.1. The molecule has 9 nitrogen and oxygen atoms in total. The monoisotopic (exact) mass is 729 g/mol. The average Bonchev–Trinajstić information content (AvgIpc) is 3.65. The van der Waals surface area contributed by atoms with Crippen LogP contribution in [0.1, 0.15) is 56.9 Å². The zero-order chi connectivity index (χ0) is 35.3. The summed E-state index contributed by atoms with van der Waals surface area (Å²) in [6, 6.07) is 6.72. The fraction of sp³-hybridized carbons (Fsp3) is 0.455. The summed E-state index contributed by atoms with van der Waals surface area (Å²) in [4.78, 5) is 31.1. The SMILES string of the molecule is NC1CC2CCC(C1)N2C(=O)[C@H](N(OC(=O)C(F)(F)F)S(=O)(=O)c1ccc2cc(OC3CCCC3)ccc2c1)C(F)(F)c1ccc(Cl)cc1. The molecule has 49 heavy (non-hydrogen) atoms. The maximum Gasteiger partial charge on any atom is 0.492 e. The van der Waals surface area contributed by atoms with Gasteiger partial charge in [-0.1, -0.05) is 35.9 Å². The van der Waals surface area contributed by atoms with Gasteiger partial charge in [-0.2, -0.15) is 22.0 Å². The summed E-state index contributed by atoms with van der Waals surface area (Å²) in [7, 11) is -5.60. The smallest absolute Gasteiger partial charge is 0.490 e. The molecule has 1 amide bonds. The number of piperidine rings is 1. The van der Waals surface area contributed by atoms with Gasteiger partial charge in [0.05, 0.1) is 11.0 Å². The van der Waals surface area contributed by atoms with Crippen LogP contribution in [0, 0.1) is 0 Å². The van der Waals surface area contributed by atoms with E-state index in [4.69, 9.17) is 22.1 Å². The standard InChI is InChI=1S/C33H33ClF5N3O6S/c34-22-9-7-21(8-10-22)32(35,36)29(30(43)41-24-11-12-25(41)18-23(40)17-24)42(48-31(44)33(37,38)39)49(45,46)28-14-6-19-15-27(13-5-20(19)16-28)47-26-3-1-2-4-26/h5-10,13-16,23-26,29H,1-4,11-12,17-18,40H2/t23?,24?,25?,29-/m0/s1. The van der Waals surface area contributed by atoms with E-state index in [1.54, 1.807) is 12.1 Å². The first-order valence-electron chi connectivity index (χ1n) is 15.8. The van der Waals surface area contributed by atoms with Gasteiger partial charge in [-0.25, -0.2) is 13.2 Å². The Morgan fingerprint density at radius 1 is 0.878 bits per heavy atom. The molecule has 0 radical (unpaired) electrons. The molecule has 3 aromatic carbocycles. The van der Waals surface area contributed by atoms with E-state index in [0.29, 0.717) is 24.0 Å². The molecule has 1 aliphatic carbocycles. The molecule has 6 rings (SSSR count). The minimum atomic E-state index is -5.81. The Morgan fingerprint density at radius 2 is 1.47 bits per heavy atom. The molecule has 3 fully saturated rings. The lowest BCUT2D eigenvalue weighted by molar-refractivity contribution is -0.240. The van der Waals surface area contributed by atoms with Crippen LogP contribution in [0.15, 0.2) is 65.6 Å². The largest absolute Gasteiger partial charge is 0.492 e. The molecule has 0 spiro atoms. The highest BCUT2D eigenvalue weighted by Crippen LogP contribution is 2.43. The average molecular weight is 730 g/mol. The molecule has 2 unspecified atom stereocenters. The number of ether oxygens (including phenoxy) is 1. The van der Waals surface area contributed by atoms with Crippen LogP contribution >= 0.6 is 11.6 Å². The number of nitrogens with two attached hydrogens (primary N) is 1. The number of sulfonamides is 1. The van der Waals surface area contributed by atoms with Gasteiger partial charge in [0.2, 0.25) is 6.04 Å². The molecule has 2 bridgehead atoms. The highest BCUT2D eigenvalue weighted by molar-refractivity contribution is 7.89. The van der Waals surface area contributed by atoms with Gasteiger partial charge in [0.15, 0.2) is 0 Å². The van der Waals surface area contributed by atoms with Crippen molar-refractivity contribution in [1.82, 2.24) is 9.37 Å². The summed E-state index contributed by atoms with van der Waals surface area (Å²) in [5, 5.41) is 0.761. The molecule has 2 N–H and O–H groups in total. The third-order valence-corrected chi connectivity index (χ3v) is 11.2. The number of carbonyl (C=O) groups is 2. The number of nitrogens with zero attached hydrogens (tertiary/aromatic N) is 2. The molecule has 16 heteroatoms. The van der Waals surface area contributed by atoms with Crippen molar-refractivity contribution in [3.05, 3.63) is 71.2 Å². The van der Waals surface area contributed by atoms with E-state index in [9.17, 15) is 31.2 Å². The van der Waals surface area contributed by atoms with E-state index in [1.165, 1.54) is 12.1 Å². The van der Waals surface area contributed by atoms with Crippen LogP contribution in [0.2, 0.25) is 5.02 Å². The minimum Gasteiger partial charge on any atom is -0.490 e. The molecule has 3 aromatic rings. The lowest BCUT2D eigenvalue weighted by atomic mass is 9.94. The van der Waals surface area contributed by atoms with Crippen molar-refractivity contribution in [3.63, 3.8) is 0 Å². The minimum absolute atomic E-state index is 0.0198. The maximum atomic E-state index is 16.7. The Hall–Kier alpha value is -3.53. The van der Waals surface area contributed by atoms with E-state index in [1.807, 2.05) is 0 Å². The lowest BCUT2D eigenvalue weighted by Gasteiger charge is -2.42. The number of carbonyl (C=O) groups excluding carboxylic acids is 2. The van der Waals surface area contributed by atoms with E-state index in [2.05, 4.69) is 4.84 Å². The first-order valence-corrected chi connectivity index (χ1v) is 17.6. The zero-order valence-corrected chi connectivity index (χ0v) is 27.5. The second-order valence-corrected chi connectivity index (χ2v) is 14.9. The molecule has 264 valence electrons. The van der Waals surface area contributed by atoms with Gasteiger partial charge in [0.25, 0.3) is 15.9 Å². The van der Waals surface area contributed by atoms with Crippen LogP contribution in [0.4, 0.5) is 22.0 Å². The number of fused-ring (bicyclic) bond motifs is 3. The summed E-state index contributed by atoms with van der Waals surface area (Å²) in [6.07, 6.45) is -0.845. The number of rotatable bonds is 9. The summed E-state index contributed by atoms with van der Waals surface area (Å²) < 4.78 is 108. The van der Waals surface area contributed by atoms with Gasteiger partial charge in [-0.15, -0.1) is 0 Å². The number of benzene rings is 3. The van der Waals surface area contributed by atoms with Gasteiger partial charge in [0, 0.05) is 28.7 Å². The predicted octanol–water partition coefficient (Wildman–Crippen LogP) is 6.47. The van der Waals surface area contributed by atoms with Crippen LogP contribution in [-0.2, 0) is 30.4 Å². The summed E-state index contributed by atoms with van der Waals surface area (Å²) in [5.41, 5.74) is 5.14. The van der Waals surface area contributed by atoms with Crippen LogP contribution in [0.3, 0.4) is 0 Å². The molecule has 2 heterocycles. The summed E-state index contributed by atoms with van der Waals surface area (Å²) >= 11 is 5.88. The van der Waals surface area contributed by atoms with Crippen molar-refractivity contribution in [1.29, 1.82) is 0 Å². The Balaban J connectivity index is 1.46. The molecule has 3 aliphatic rings. The van der Waals surface area contributed by atoms with Crippen LogP contribution in [0.25, 0.3) is 10.8 Å². The van der Waals surface area contributed by atoms with Crippen molar-refractivity contribution >= 4 is 44.3 Å². The van der Waals surface area contributed by atoms with E-state index in [-0.39, 0.29) is 35.4 Å². The van der Waals surface area contributed by atoms with Crippen molar-refractivity contribution < 1.29 is 49.5 Å². The number of halogens is 6. The van der Waals surface area contributed by atoms with Crippen LogP contribution in [0.5, 0.6) is 5.75 Å². The van der Waals surface area contributed by atoms with Gasteiger partial charge in [-0.3, -0.25) is 4.79 Å². The Kier molecular flexibility index (Phi) is 9.59. The number of hydrogen-bond acceptors (Lipinski definition) is 7. The van der Waals surface area contributed by atoms with Gasteiger partial charge in [0.1, 0.15) is 5.75 Å². The highest BCUT2D eigenvalue weighted by atomic mass is 35.5. The molecule has 2 aliphatic heterocycles. The van der Waals surface area contributed by atoms with E-state index >= 15 is 8.78 Å². The third kappa shape index (κ3) is 7.08. The third-order valence-electron chi connectivity index (χ3n) is 9.37. The predicted molar refractivity (Wildman–Crippen MR) is 168 cm³/mol. The van der Waals surface area contributed by atoms with Gasteiger partial charge in [-0.05, 0) is 103 Å². The number of hydrogen-bond donors (Lipinski definition) is 1. The lowest BCUT2D eigenvalue weighted by Crippen LogP contribution is -2.62. The number of alkyl halides is 5. The molecule has 3 atom stereocenters. The molecule has 2 saturated heterocycles. The Bertz CT molecular complexity index is 1820. The topological polar surface area (TPSA) is 119 Å².